The van der Waals surface area contributed by atoms with Crippen molar-refractivity contribution >= 4 is 12.0 Å². The monoisotopic (exact) mass is 286 g/mol. The second-order valence-corrected chi connectivity index (χ2v) is 5.86. The van der Waals surface area contributed by atoms with Crippen molar-refractivity contribution in [3.05, 3.63) is 0 Å². The maximum Gasteiger partial charge on any atom is 0.315 e. The number of carbonyl (C=O) groups is 2. The number of carboxylic acids is 1. The molecule has 1 saturated heterocycles. The van der Waals surface area contributed by atoms with Crippen LogP contribution in [0.2, 0.25) is 0 Å². The van der Waals surface area contributed by atoms with E-state index < -0.39 is 11.9 Å². The first-order valence-corrected chi connectivity index (χ1v) is 7.29. The zero-order valence-electron chi connectivity index (χ0n) is 12.5. The van der Waals surface area contributed by atoms with Crippen molar-refractivity contribution in [3.63, 3.8) is 0 Å². The molecular formula is C14H26N2O4. The molecule has 116 valence electrons. The summed E-state index contributed by atoms with van der Waals surface area (Å²) in [5, 5.41) is 14.5. The van der Waals surface area contributed by atoms with Gasteiger partial charge in [0.05, 0.1) is 18.1 Å². The Morgan fingerprint density at radius 1 is 1.35 bits per heavy atom. The van der Waals surface area contributed by atoms with Gasteiger partial charge in [-0.25, -0.2) is 4.79 Å². The van der Waals surface area contributed by atoms with E-state index in [0.717, 1.165) is 19.4 Å². The fraction of sp³-hybridized carbons (Fsp3) is 0.857. The number of amides is 2. The van der Waals surface area contributed by atoms with Gasteiger partial charge in [-0.2, -0.15) is 0 Å². The van der Waals surface area contributed by atoms with Gasteiger partial charge in [0.15, 0.2) is 0 Å². The van der Waals surface area contributed by atoms with Crippen LogP contribution < -0.4 is 10.6 Å². The van der Waals surface area contributed by atoms with E-state index in [4.69, 9.17) is 9.84 Å². The summed E-state index contributed by atoms with van der Waals surface area (Å²) in [5.41, 5.74) is 0. The maximum atomic E-state index is 11.8. The molecule has 0 radical (unpaired) electrons. The van der Waals surface area contributed by atoms with Crippen LogP contribution in [0.1, 0.15) is 40.0 Å². The van der Waals surface area contributed by atoms with Gasteiger partial charge in [-0.15, -0.1) is 0 Å². The molecule has 0 aliphatic carbocycles. The number of aliphatic carboxylic acids is 1. The van der Waals surface area contributed by atoms with Crippen LogP contribution in [0, 0.1) is 11.8 Å². The summed E-state index contributed by atoms with van der Waals surface area (Å²) in [7, 11) is 0. The quantitative estimate of drug-likeness (QED) is 0.663. The fourth-order valence-corrected chi connectivity index (χ4v) is 2.40. The molecule has 0 saturated carbocycles. The summed E-state index contributed by atoms with van der Waals surface area (Å²) in [6, 6.07) is -0.395. The standard InChI is InChI=1S/C14H26N2O4/c1-9(2)7-11(13(17)18)8-15-14(19)16-10(3)12-5-4-6-20-12/h9-12H,4-8H2,1-3H3,(H,17,18)(H2,15,16,19). The Hall–Kier alpha value is -1.30. The Balaban J connectivity index is 2.31. The molecule has 1 aliphatic heterocycles. The molecule has 3 N–H and O–H groups in total. The number of urea groups is 1. The van der Waals surface area contributed by atoms with Crippen LogP contribution in [0.3, 0.4) is 0 Å². The molecule has 0 aromatic rings. The molecule has 20 heavy (non-hydrogen) atoms. The minimum Gasteiger partial charge on any atom is -0.481 e. The molecule has 3 atom stereocenters. The minimum absolute atomic E-state index is 0.0617. The first-order chi connectivity index (χ1) is 9.40. The van der Waals surface area contributed by atoms with Crippen LogP contribution in [0.4, 0.5) is 4.79 Å². The highest BCUT2D eigenvalue weighted by atomic mass is 16.5. The van der Waals surface area contributed by atoms with Crippen molar-refractivity contribution in [3.8, 4) is 0 Å². The lowest BCUT2D eigenvalue weighted by Gasteiger charge is -2.21. The van der Waals surface area contributed by atoms with Crippen molar-refractivity contribution in [2.24, 2.45) is 11.8 Å². The van der Waals surface area contributed by atoms with Crippen LogP contribution in [0.5, 0.6) is 0 Å². The Bertz CT molecular complexity index is 327. The van der Waals surface area contributed by atoms with E-state index in [9.17, 15) is 9.59 Å². The maximum absolute atomic E-state index is 11.8. The number of carboxylic acid groups (broad SMARTS) is 1. The van der Waals surface area contributed by atoms with E-state index in [-0.39, 0.29) is 30.6 Å². The lowest BCUT2D eigenvalue weighted by molar-refractivity contribution is -0.142. The zero-order chi connectivity index (χ0) is 15.1. The van der Waals surface area contributed by atoms with Gasteiger partial charge in [-0.1, -0.05) is 13.8 Å². The third-order valence-corrected chi connectivity index (χ3v) is 3.50. The van der Waals surface area contributed by atoms with E-state index in [1.54, 1.807) is 0 Å². The van der Waals surface area contributed by atoms with Crippen LogP contribution in [0.25, 0.3) is 0 Å². The summed E-state index contributed by atoms with van der Waals surface area (Å²) >= 11 is 0. The molecule has 1 fully saturated rings. The molecule has 6 heteroatoms. The molecule has 1 heterocycles. The summed E-state index contributed by atoms with van der Waals surface area (Å²) < 4.78 is 5.50. The largest absolute Gasteiger partial charge is 0.481 e. The normalized spacial score (nSPS) is 21.5. The molecular weight excluding hydrogens is 260 g/mol. The fourth-order valence-electron chi connectivity index (χ4n) is 2.40. The van der Waals surface area contributed by atoms with Gasteiger partial charge in [0.2, 0.25) is 0 Å². The first kappa shape index (κ1) is 16.8. The Kier molecular flexibility index (Phi) is 6.78. The third kappa shape index (κ3) is 5.77. The van der Waals surface area contributed by atoms with Gasteiger partial charge in [0.1, 0.15) is 0 Å². The van der Waals surface area contributed by atoms with Crippen molar-refractivity contribution in [1.29, 1.82) is 0 Å². The highest BCUT2D eigenvalue weighted by Crippen LogP contribution is 2.15. The molecule has 6 nitrogen and oxygen atoms in total. The van der Waals surface area contributed by atoms with E-state index in [1.165, 1.54) is 0 Å². The Labute approximate surface area is 120 Å². The lowest BCUT2D eigenvalue weighted by Crippen LogP contribution is -2.47. The molecule has 1 rings (SSSR count). The van der Waals surface area contributed by atoms with E-state index in [2.05, 4.69) is 10.6 Å². The number of hydrogen-bond acceptors (Lipinski definition) is 3. The number of hydrogen-bond donors (Lipinski definition) is 3. The molecule has 0 spiro atoms. The van der Waals surface area contributed by atoms with E-state index in [0.29, 0.717) is 6.42 Å². The average Bonchev–Trinajstić information content (AvgIpc) is 2.87. The van der Waals surface area contributed by atoms with Crippen molar-refractivity contribution in [1.82, 2.24) is 10.6 Å². The summed E-state index contributed by atoms with van der Waals surface area (Å²) in [6.07, 6.45) is 2.59. The highest BCUT2D eigenvalue weighted by molar-refractivity contribution is 5.76. The van der Waals surface area contributed by atoms with Gasteiger partial charge in [0.25, 0.3) is 0 Å². The topological polar surface area (TPSA) is 87.7 Å². The molecule has 1 aliphatic rings. The Morgan fingerprint density at radius 3 is 2.55 bits per heavy atom. The van der Waals surface area contributed by atoms with Gasteiger partial charge in [-0.3, -0.25) is 4.79 Å². The molecule has 0 aromatic carbocycles. The molecule has 0 aromatic heterocycles. The number of rotatable bonds is 7. The molecule has 0 bridgehead atoms. The van der Waals surface area contributed by atoms with E-state index >= 15 is 0 Å². The molecule has 3 unspecified atom stereocenters. The zero-order valence-corrected chi connectivity index (χ0v) is 12.5. The van der Waals surface area contributed by atoms with Gasteiger partial charge in [-0.05, 0) is 32.1 Å². The number of ether oxygens (including phenoxy) is 1. The van der Waals surface area contributed by atoms with E-state index in [1.807, 2.05) is 20.8 Å². The van der Waals surface area contributed by atoms with Crippen molar-refractivity contribution in [2.75, 3.05) is 13.2 Å². The third-order valence-electron chi connectivity index (χ3n) is 3.50. The first-order valence-electron chi connectivity index (χ1n) is 7.29. The summed E-state index contributed by atoms with van der Waals surface area (Å²) in [5.74, 6) is -1.13. The summed E-state index contributed by atoms with van der Waals surface area (Å²) in [4.78, 5) is 22.8. The van der Waals surface area contributed by atoms with Gasteiger partial charge in [0, 0.05) is 13.2 Å². The highest BCUT2D eigenvalue weighted by Gasteiger charge is 2.24. The lowest BCUT2D eigenvalue weighted by atomic mass is 9.97. The average molecular weight is 286 g/mol. The van der Waals surface area contributed by atoms with Crippen LogP contribution >= 0.6 is 0 Å². The van der Waals surface area contributed by atoms with Gasteiger partial charge < -0.3 is 20.5 Å². The van der Waals surface area contributed by atoms with Gasteiger partial charge >= 0.3 is 12.0 Å². The second-order valence-electron chi connectivity index (χ2n) is 5.86. The van der Waals surface area contributed by atoms with Crippen LogP contribution in [0.15, 0.2) is 0 Å². The minimum atomic E-state index is -0.869. The number of carbonyl (C=O) groups excluding carboxylic acids is 1. The predicted octanol–water partition coefficient (Wildman–Crippen LogP) is 1.60. The SMILES string of the molecule is CC(C)CC(CNC(=O)NC(C)C1CCCO1)C(=O)O. The predicted molar refractivity (Wildman–Crippen MR) is 75.6 cm³/mol. The second kappa shape index (κ2) is 8.09. The smallest absolute Gasteiger partial charge is 0.315 e. The van der Waals surface area contributed by atoms with Crippen LogP contribution in [-0.4, -0.2) is 42.4 Å². The number of nitrogens with one attached hydrogen (secondary N) is 2. The molecule has 2 amide bonds. The van der Waals surface area contributed by atoms with Crippen molar-refractivity contribution < 1.29 is 19.4 Å². The van der Waals surface area contributed by atoms with Crippen molar-refractivity contribution in [2.45, 2.75) is 52.2 Å². The summed E-state index contributed by atoms with van der Waals surface area (Å²) in [6.45, 7) is 6.73. The van der Waals surface area contributed by atoms with Crippen LogP contribution in [-0.2, 0) is 9.53 Å². The Morgan fingerprint density at radius 2 is 2.05 bits per heavy atom.